The molecule has 0 amide bonds. The molecule has 1 aromatic heterocycles. The molecule has 4 nitrogen and oxygen atoms in total. The predicted octanol–water partition coefficient (Wildman–Crippen LogP) is 3.19. The number of nitrogens with one attached hydrogen (secondary N) is 1. The summed E-state index contributed by atoms with van der Waals surface area (Å²) in [6, 6.07) is 0.534. The van der Waals surface area contributed by atoms with E-state index in [1.165, 1.54) is 12.8 Å². The van der Waals surface area contributed by atoms with E-state index >= 15 is 0 Å². The van der Waals surface area contributed by atoms with E-state index in [4.69, 9.17) is 11.6 Å². The maximum Gasteiger partial charge on any atom is 0.224 e. The Hall–Kier alpha value is -1.03. The molecule has 1 fully saturated rings. The molecule has 0 aliphatic carbocycles. The first kappa shape index (κ1) is 13.4. The first-order valence-corrected chi connectivity index (χ1v) is 7.04. The lowest BCUT2D eigenvalue weighted by molar-refractivity contribution is 0.489. The molecule has 18 heavy (non-hydrogen) atoms. The van der Waals surface area contributed by atoms with Crippen LogP contribution in [0.1, 0.15) is 33.6 Å². The van der Waals surface area contributed by atoms with E-state index in [0.29, 0.717) is 22.9 Å². The van der Waals surface area contributed by atoms with Gasteiger partial charge in [-0.05, 0) is 25.7 Å². The van der Waals surface area contributed by atoms with Crippen molar-refractivity contribution < 1.29 is 0 Å². The Labute approximate surface area is 114 Å². The Bertz CT molecular complexity index is 408. The van der Waals surface area contributed by atoms with Crippen molar-refractivity contribution >= 4 is 23.4 Å². The van der Waals surface area contributed by atoms with Crippen molar-refractivity contribution in [2.75, 3.05) is 23.3 Å². The number of rotatable bonds is 4. The van der Waals surface area contributed by atoms with E-state index in [9.17, 15) is 0 Å². The van der Waals surface area contributed by atoms with Gasteiger partial charge in [0.25, 0.3) is 0 Å². The number of hydrogen-bond acceptors (Lipinski definition) is 4. The van der Waals surface area contributed by atoms with Crippen molar-refractivity contribution in [1.82, 2.24) is 9.97 Å². The maximum absolute atomic E-state index is 6.25. The maximum atomic E-state index is 6.25. The van der Waals surface area contributed by atoms with Gasteiger partial charge in [0.05, 0.1) is 6.20 Å². The molecule has 0 bridgehead atoms. The summed E-state index contributed by atoms with van der Waals surface area (Å²) >= 11 is 6.25. The Morgan fingerprint density at radius 1 is 1.56 bits per heavy atom. The highest BCUT2D eigenvalue weighted by molar-refractivity contribution is 6.32. The number of anilines is 2. The molecule has 0 aromatic carbocycles. The fraction of sp³-hybridized carbons (Fsp3) is 0.692. The smallest absolute Gasteiger partial charge is 0.224 e. The normalized spacial score (nSPS) is 19.6. The molecule has 1 aromatic rings. The molecule has 1 aliphatic rings. The second kappa shape index (κ2) is 5.74. The zero-order valence-electron chi connectivity index (χ0n) is 11.3. The summed E-state index contributed by atoms with van der Waals surface area (Å²) in [7, 11) is 0. The third-order valence-corrected chi connectivity index (χ3v) is 3.67. The Balaban J connectivity index is 2.28. The average Bonchev–Trinajstić information content (AvgIpc) is 2.81. The Kier molecular flexibility index (Phi) is 4.27. The van der Waals surface area contributed by atoms with Gasteiger partial charge < -0.3 is 10.2 Å². The number of aromatic nitrogens is 2. The summed E-state index contributed by atoms with van der Waals surface area (Å²) in [6.07, 6.45) is 4.12. The topological polar surface area (TPSA) is 41.1 Å². The van der Waals surface area contributed by atoms with Gasteiger partial charge >= 0.3 is 0 Å². The fourth-order valence-electron chi connectivity index (χ4n) is 2.55. The summed E-state index contributed by atoms with van der Waals surface area (Å²) in [5.74, 6) is 2.14. The molecule has 0 saturated carbocycles. The molecule has 1 aliphatic heterocycles. The van der Waals surface area contributed by atoms with Crippen LogP contribution in [0.3, 0.4) is 0 Å². The van der Waals surface area contributed by atoms with Gasteiger partial charge in [-0.1, -0.05) is 25.4 Å². The van der Waals surface area contributed by atoms with Gasteiger partial charge in [0.1, 0.15) is 5.02 Å². The fourth-order valence-corrected chi connectivity index (χ4v) is 2.75. The monoisotopic (exact) mass is 268 g/mol. The average molecular weight is 269 g/mol. The molecule has 0 radical (unpaired) electrons. The molecule has 0 spiro atoms. The number of nitrogens with zero attached hydrogens (tertiary/aromatic N) is 3. The number of halogens is 1. The molecule has 1 atom stereocenters. The lowest BCUT2D eigenvalue weighted by Crippen LogP contribution is -2.34. The zero-order chi connectivity index (χ0) is 13.1. The van der Waals surface area contributed by atoms with Gasteiger partial charge in [0.2, 0.25) is 5.95 Å². The van der Waals surface area contributed by atoms with Gasteiger partial charge in [0, 0.05) is 19.1 Å². The first-order valence-electron chi connectivity index (χ1n) is 6.66. The summed E-state index contributed by atoms with van der Waals surface area (Å²) < 4.78 is 0. The quantitative estimate of drug-likeness (QED) is 0.911. The van der Waals surface area contributed by atoms with Crippen LogP contribution in [0.5, 0.6) is 0 Å². The molecular weight excluding hydrogens is 248 g/mol. The van der Waals surface area contributed by atoms with E-state index in [1.54, 1.807) is 6.20 Å². The molecule has 2 heterocycles. The summed E-state index contributed by atoms with van der Waals surface area (Å²) in [5.41, 5.74) is 0. The molecule has 2 rings (SSSR count). The van der Waals surface area contributed by atoms with E-state index in [0.717, 1.165) is 18.9 Å². The van der Waals surface area contributed by atoms with Crippen LogP contribution in [0.15, 0.2) is 6.20 Å². The lowest BCUT2D eigenvalue weighted by atomic mass is 10.0. The Morgan fingerprint density at radius 3 is 3.00 bits per heavy atom. The third-order valence-electron chi connectivity index (χ3n) is 3.40. The highest BCUT2D eigenvalue weighted by Gasteiger charge is 2.29. The van der Waals surface area contributed by atoms with Gasteiger partial charge in [-0.15, -0.1) is 0 Å². The van der Waals surface area contributed by atoms with Crippen molar-refractivity contribution in [3.63, 3.8) is 0 Å². The minimum Gasteiger partial charge on any atom is -0.354 e. The molecule has 5 heteroatoms. The second-order valence-corrected chi connectivity index (χ2v) is 5.45. The van der Waals surface area contributed by atoms with Crippen LogP contribution in [0.2, 0.25) is 5.02 Å². The van der Waals surface area contributed by atoms with Crippen LogP contribution in [0.4, 0.5) is 11.8 Å². The van der Waals surface area contributed by atoms with Crippen molar-refractivity contribution in [2.24, 2.45) is 5.92 Å². The van der Waals surface area contributed by atoms with Gasteiger partial charge in [-0.2, -0.15) is 4.98 Å². The standard InChI is InChI=1S/C13H21ClN4/c1-4-15-13-16-8-10(14)12(17-13)18-7-5-6-11(18)9(2)3/h8-9,11H,4-7H2,1-3H3,(H,15,16,17). The van der Waals surface area contributed by atoms with Crippen molar-refractivity contribution in [2.45, 2.75) is 39.7 Å². The lowest BCUT2D eigenvalue weighted by Gasteiger charge is -2.29. The van der Waals surface area contributed by atoms with E-state index in [2.05, 4.69) is 34.0 Å². The van der Waals surface area contributed by atoms with E-state index in [1.807, 2.05) is 6.92 Å². The minimum absolute atomic E-state index is 0.534. The van der Waals surface area contributed by atoms with E-state index < -0.39 is 0 Å². The van der Waals surface area contributed by atoms with E-state index in [-0.39, 0.29) is 0 Å². The van der Waals surface area contributed by atoms with Gasteiger partial charge in [0.15, 0.2) is 5.82 Å². The third kappa shape index (κ3) is 2.69. The predicted molar refractivity (Wildman–Crippen MR) is 76.4 cm³/mol. The minimum atomic E-state index is 0.534. The van der Waals surface area contributed by atoms with Crippen molar-refractivity contribution in [3.05, 3.63) is 11.2 Å². The van der Waals surface area contributed by atoms with Gasteiger partial charge in [-0.3, -0.25) is 0 Å². The highest BCUT2D eigenvalue weighted by atomic mass is 35.5. The van der Waals surface area contributed by atoms with Crippen LogP contribution >= 0.6 is 11.6 Å². The van der Waals surface area contributed by atoms with Crippen LogP contribution in [0.25, 0.3) is 0 Å². The van der Waals surface area contributed by atoms with Crippen LogP contribution in [-0.4, -0.2) is 29.1 Å². The number of hydrogen-bond donors (Lipinski definition) is 1. The van der Waals surface area contributed by atoms with Crippen molar-refractivity contribution in [3.8, 4) is 0 Å². The Morgan fingerprint density at radius 2 is 2.33 bits per heavy atom. The second-order valence-electron chi connectivity index (χ2n) is 5.04. The highest BCUT2D eigenvalue weighted by Crippen LogP contribution is 2.33. The summed E-state index contributed by atoms with van der Waals surface area (Å²) in [6.45, 7) is 8.39. The molecule has 1 unspecified atom stereocenters. The van der Waals surface area contributed by atoms with Crippen LogP contribution < -0.4 is 10.2 Å². The SMILES string of the molecule is CCNc1ncc(Cl)c(N2CCCC2C(C)C)n1. The zero-order valence-corrected chi connectivity index (χ0v) is 12.0. The molecule has 1 saturated heterocycles. The van der Waals surface area contributed by atoms with Crippen LogP contribution in [-0.2, 0) is 0 Å². The first-order chi connectivity index (χ1) is 8.63. The molecule has 1 N–H and O–H groups in total. The summed E-state index contributed by atoms with van der Waals surface area (Å²) in [5, 5.41) is 3.78. The largest absolute Gasteiger partial charge is 0.354 e. The molecular formula is C13H21ClN4. The van der Waals surface area contributed by atoms with Crippen molar-refractivity contribution in [1.29, 1.82) is 0 Å². The van der Waals surface area contributed by atoms with Gasteiger partial charge in [-0.25, -0.2) is 4.98 Å². The molecule has 100 valence electrons. The summed E-state index contributed by atoms with van der Waals surface area (Å²) in [4.78, 5) is 11.1. The van der Waals surface area contributed by atoms with Crippen LogP contribution in [0, 0.1) is 5.92 Å².